The number of halogens is 1. The highest BCUT2D eigenvalue weighted by molar-refractivity contribution is 6.31. The third-order valence-electron chi connectivity index (χ3n) is 5.17. The molecule has 2 aromatic rings. The van der Waals surface area contributed by atoms with Gasteiger partial charge in [0.15, 0.2) is 5.78 Å². The number of ketones is 1. The Morgan fingerprint density at radius 3 is 2.85 bits per heavy atom. The van der Waals surface area contributed by atoms with E-state index in [2.05, 4.69) is 6.07 Å². The van der Waals surface area contributed by atoms with E-state index in [1.165, 1.54) is 5.56 Å². The Morgan fingerprint density at radius 2 is 2.04 bits per heavy atom. The summed E-state index contributed by atoms with van der Waals surface area (Å²) in [4.78, 5) is 11.8. The minimum atomic E-state index is -1.13. The maximum absolute atomic E-state index is 11.8. The molecule has 2 aromatic carbocycles. The summed E-state index contributed by atoms with van der Waals surface area (Å²) in [5.41, 5.74) is 4.14. The molecular formula is C21H21ClO5. The van der Waals surface area contributed by atoms with Gasteiger partial charge >= 0.3 is 0 Å². The average molecular weight is 389 g/mol. The van der Waals surface area contributed by atoms with Gasteiger partial charge in [0.25, 0.3) is 0 Å². The first-order valence-electron chi connectivity index (χ1n) is 9.06. The number of rotatable bonds is 4. The third-order valence-corrected chi connectivity index (χ3v) is 5.54. The molecule has 0 spiro atoms. The monoisotopic (exact) mass is 388 g/mol. The molecule has 3 atom stereocenters. The fraction of sp³-hybridized carbons (Fsp3) is 0.381. The van der Waals surface area contributed by atoms with E-state index < -0.39 is 30.7 Å². The number of carbonyl (C=O) groups excluding carboxylic acids is 1. The van der Waals surface area contributed by atoms with Crippen LogP contribution in [0.15, 0.2) is 36.4 Å². The van der Waals surface area contributed by atoms with Crippen molar-refractivity contribution in [3.05, 3.63) is 63.7 Å². The lowest BCUT2D eigenvalue weighted by Gasteiger charge is -2.31. The second-order valence-corrected chi connectivity index (χ2v) is 7.43. The van der Waals surface area contributed by atoms with Crippen LogP contribution < -0.4 is 4.74 Å². The SMILES string of the molecule is O=C1[C@H](O)C[C@H](c2ccc(Cl)c(Cc3ccc4c(c3)CCO4)c2)O[C@@H]1CO. The molecule has 2 N–H and O–H groups in total. The lowest BCUT2D eigenvalue weighted by Crippen LogP contribution is -2.43. The number of aliphatic hydroxyl groups is 2. The number of hydrogen-bond acceptors (Lipinski definition) is 5. The zero-order valence-corrected chi connectivity index (χ0v) is 15.5. The van der Waals surface area contributed by atoms with E-state index in [1.807, 2.05) is 30.3 Å². The Labute approximate surface area is 162 Å². The van der Waals surface area contributed by atoms with E-state index >= 15 is 0 Å². The summed E-state index contributed by atoms with van der Waals surface area (Å²) in [6, 6.07) is 11.8. The number of carbonyl (C=O) groups is 1. The zero-order chi connectivity index (χ0) is 19.0. The van der Waals surface area contributed by atoms with Crippen LogP contribution in [0.4, 0.5) is 0 Å². The maximum atomic E-state index is 11.8. The largest absolute Gasteiger partial charge is 0.493 e. The van der Waals surface area contributed by atoms with Gasteiger partial charge in [0.2, 0.25) is 0 Å². The molecule has 2 aliphatic rings. The van der Waals surface area contributed by atoms with E-state index in [0.717, 1.165) is 35.5 Å². The first-order valence-corrected chi connectivity index (χ1v) is 9.44. The maximum Gasteiger partial charge on any atom is 0.192 e. The van der Waals surface area contributed by atoms with Gasteiger partial charge in [-0.05, 0) is 40.8 Å². The van der Waals surface area contributed by atoms with Gasteiger partial charge in [0.05, 0.1) is 19.3 Å². The number of hydrogen-bond donors (Lipinski definition) is 2. The second-order valence-electron chi connectivity index (χ2n) is 7.02. The number of benzene rings is 2. The number of aliphatic hydroxyl groups excluding tert-OH is 2. The summed E-state index contributed by atoms with van der Waals surface area (Å²) >= 11 is 6.40. The fourth-order valence-electron chi connectivity index (χ4n) is 3.70. The molecule has 0 bridgehead atoms. The van der Waals surface area contributed by atoms with Crippen molar-refractivity contribution in [1.29, 1.82) is 0 Å². The highest BCUT2D eigenvalue weighted by Gasteiger charge is 2.36. The van der Waals surface area contributed by atoms with Gasteiger partial charge in [0.1, 0.15) is 18.0 Å². The minimum Gasteiger partial charge on any atom is -0.493 e. The Balaban J connectivity index is 1.57. The third kappa shape index (κ3) is 3.73. The smallest absolute Gasteiger partial charge is 0.192 e. The molecule has 0 unspecified atom stereocenters. The summed E-state index contributed by atoms with van der Waals surface area (Å²) in [5.74, 6) is 0.478. The standard InChI is InChI=1S/C21H21ClO5/c22-16-3-2-13(19-10-17(24)21(25)20(11-23)27-19)9-15(16)8-12-1-4-18-14(7-12)5-6-26-18/h1-4,7,9,17,19-20,23-24H,5-6,8,10-11H2/t17-,19-,20-/m1/s1. The molecule has 142 valence electrons. The summed E-state index contributed by atoms with van der Waals surface area (Å²) in [5, 5.41) is 20.0. The summed E-state index contributed by atoms with van der Waals surface area (Å²) in [7, 11) is 0. The molecule has 0 saturated carbocycles. The molecule has 4 rings (SSSR count). The molecule has 0 radical (unpaired) electrons. The quantitative estimate of drug-likeness (QED) is 0.842. The Bertz CT molecular complexity index is 866. The molecule has 2 heterocycles. The summed E-state index contributed by atoms with van der Waals surface area (Å²) in [6.45, 7) is 0.283. The van der Waals surface area contributed by atoms with Crippen LogP contribution in [-0.2, 0) is 22.4 Å². The predicted molar refractivity (Wildman–Crippen MR) is 100 cm³/mol. The van der Waals surface area contributed by atoms with Crippen molar-refractivity contribution in [2.45, 2.75) is 37.6 Å². The lowest BCUT2D eigenvalue weighted by atomic mass is 9.93. The molecule has 0 aromatic heterocycles. The topological polar surface area (TPSA) is 76.0 Å². The van der Waals surface area contributed by atoms with Crippen LogP contribution in [0.3, 0.4) is 0 Å². The van der Waals surface area contributed by atoms with Crippen molar-refractivity contribution in [1.82, 2.24) is 0 Å². The molecule has 0 amide bonds. The van der Waals surface area contributed by atoms with Gasteiger partial charge in [-0.15, -0.1) is 0 Å². The van der Waals surface area contributed by atoms with Gasteiger partial charge in [-0.1, -0.05) is 35.9 Å². The second kappa shape index (κ2) is 7.60. The van der Waals surface area contributed by atoms with E-state index in [0.29, 0.717) is 11.4 Å². The molecule has 5 nitrogen and oxygen atoms in total. The van der Waals surface area contributed by atoms with Gasteiger partial charge in [-0.3, -0.25) is 4.79 Å². The van der Waals surface area contributed by atoms with Crippen molar-refractivity contribution in [3.8, 4) is 5.75 Å². The molecule has 1 fully saturated rings. The van der Waals surface area contributed by atoms with E-state index in [-0.39, 0.29) is 6.42 Å². The van der Waals surface area contributed by atoms with Gasteiger partial charge < -0.3 is 19.7 Å². The molecule has 2 aliphatic heterocycles. The van der Waals surface area contributed by atoms with E-state index in [1.54, 1.807) is 0 Å². The predicted octanol–water partition coefficient (Wildman–Crippen LogP) is 2.62. The van der Waals surface area contributed by atoms with Crippen molar-refractivity contribution in [3.63, 3.8) is 0 Å². The molecular weight excluding hydrogens is 368 g/mol. The molecule has 6 heteroatoms. The van der Waals surface area contributed by atoms with Crippen LogP contribution in [0.5, 0.6) is 5.75 Å². The van der Waals surface area contributed by atoms with Crippen LogP contribution in [0.1, 0.15) is 34.8 Å². The van der Waals surface area contributed by atoms with Crippen LogP contribution >= 0.6 is 11.6 Å². The van der Waals surface area contributed by atoms with E-state index in [4.69, 9.17) is 21.1 Å². The van der Waals surface area contributed by atoms with Crippen LogP contribution in [0, 0.1) is 0 Å². The highest BCUT2D eigenvalue weighted by atomic mass is 35.5. The Hall–Kier alpha value is -1.92. The average Bonchev–Trinajstić information content (AvgIpc) is 3.13. The first-order chi connectivity index (χ1) is 13.0. The molecule has 0 aliphatic carbocycles. The zero-order valence-electron chi connectivity index (χ0n) is 14.7. The fourth-order valence-corrected chi connectivity index (χ4v) is 3.89. The molecule has 1 saturated heterocycles. The number of Topliss-reactive ketones (excluding diaryl/α,β-unsaturated/α-hetero) is 1. The van der Waals surface area contributed by atoms with Gasteiger partial charge in [-0.2, -0.15) is 0 Å². The normalized spacial score (nSPS) is 24.6. The van der Waals surface area contributed by atoms with Crippen molar-refractivity contribution >= 4 is 17.4 Å². The van der Waals surface area contributed by atoms with Crippen LogP contribution in [0.25, 0.3) is 0 Å². The Morgan fingerprint density at radius 1 is 1.19 bits per heavy atom. The first kappa shape index (κ1) is 18.4. The lowest BCUT2D eigenvalue weighted by molar-refractivity contribution is -0.161. The van der Waals surface area contributed by atoms with Crippen molar-refractivity contribution in [2.24, 2.45) is 0 Å². The number of ether oxygens (including phenoxy) is 2. The van der Waals surface area contributed by atoms with Gasteiger partial charge in [0, 0.05) is 17.9 Å². The van der Waals surface area contributed by atoms with E-state index in [9.17, 15) is 15.0 Å². The number of fused-ring (bicyclic) bond motifs is 1. The summed E-state index contributed by atoms with van der Waals surface area (Å²) < 4.78 is 11.2. The molecule has 27 heavy (non-hydrogen) atoms. The highest BCUT2D eigenvalue weighted by Crippen LogP contribution is 2.33. The Kier molecular flexibility index (Phi) is 5.19. The van der Waals surface area contributed by atoms with Crippen LogP contribution in [-0.4, -0.2) is 41.4 Å². The minimum absolute atomic E-state index is 0.173. The van der Waals surface area contributed by atoms with Crippen molar-refractivity contribution in [2.75, 3.05) is 13.2 Å². The summed E-state index contributed by atoms with van der Waals surface area (Å²) in [6.07, 6.45) is -0.823. The van der Waals surface area contributed by atoms with Crippen LogP contribution in [0.2, 0.25) is 5.02 Å². The van der Waals surface area contributed by atoms with Gasteiger partial charge in [-0.25, -0.2) is 0 Å². The van der Waals surface area contributed by atoms with Crippen molar-refractivity contribution < 1.29 is 24.5 Å².